The highest BCUT2D eigenvalue weighted by atomic mass is 16.2. The molecular weight excluding hydrogens is 322 g/mol. The van der Waals surface area contributed by atoms with Gasteiger partial charge in [-0.1, -0.05) is 13.8 Å². The molecule has 25 heavy (non-hydrogen) atoms. The van der Waals surface area contributed by atoms with Gasteiger partial charge in [0.25, 0.3) is 5.56 Å². The van der Waals surface area contributed by atoms with Crippen molar-refractivity contribution >= 4 is 17.1 Å². The molecule has 0 radical (unpaired) electrons. The van der Waals surface area contributed by atoms with Crippen molar-refractivity contribution in [3.05, 3.63) is 27.2 Å². The first-order chi connectivity index (χ1) is 11.7. The van der Waals surface area contributed by atoms with Gasteiger partial charge in [-0.3, -0.25) is 18.7 Å². The van der Waals surface area contributed by atoms with Crippen molar-refractivity contribution in [2.24, 2.45) is 20.0 Å². The van der Waals surface area contributed by atoms with Crippen LogP contribution in [-0.4, -0.2) is 42.6 Å². The number of carbonyl (C=O) groups is 1. The Morgan fingerprint density at radius 1 is 1.20 bits per heavy atom. The predicted molar refractivity (Wildman–Crippen MR) is 96.5 cm³/mol. The second-order valence-electron chi connectivity index (χ2n) is 6.91. The van der Waals surface area contributed by atoms with Crippen LogP contribution in [0.15, 0.2) is 15.9 Å². The van der Waals surface area contributed by atoms with E-state index in [9.17, 15) is 14.4 Å². The molecule has 0 aromatic carbocycles. The Labute approximate surface area is 146 Å². The smallest absolute Gasteiger partial charge is 0.332 e. The second-order valence-corrected chi connectivity index (χ2v) is 6.91. The maximum atomic E-state index is 12.4. The number of carbonyl (C=O) groups excluding carboxylic acids is 1. The summed E-state index contributed by atoms with van der Waals surface area (Å²) in [7, 11) is 4.87. The van der Waals surface area contributed by atoms with Crippen molar-refractivity contribution in [2.75, 3.05) is 7.05 Å². The largest absolute Gasteiger partial charge is 0.343 e. The quantitative estimate of drug-likeness (QED) is 0.769. The Morgan fingerprint density at radius 3 is 2.44 bits per heavy atom. The number of rotatable bonds is 6. The zero-order valence-corrected chi connectivity index (χ0v) is 15.8. The van der Waals surface area contributed by atoms with Crippen molar-refractivity contribution in [3.63, 3.8) is 0 Å². The standard InChI is InChI=1S/C17H27N5O3/c1-11(2)12(3)19(4)13(23)8-7-9-22-10-18-15-14(22)16(24)21(6)17(25)20(15)5/h10-12H,7-9H2,1-6H3/t12-/m0/s1. The van der Waals surface area contributed by atoms with Crippen LogP contribution in [0.25, 0.3) is 11.2 Å². The molecule has 1 atom stereocenters. The van der Waals surface area contributed by atoms with E-state index in [1.807, 2.05) is 14.0 Å². The zero-order chi connectivity index (χ0) is 18.9. The molecule has 1 amide bonds. The van der Waals surface area contributed by atoms with E-state index in [2.05, 4.69) is 18.8 Å². The average Bonchev–Trinajstić information content (AvgIpc) is 3.00. The van der Waals surface area contributed by atoms with Gasteiger partial charge in [-0.2, -0.15) is 0 Å². The lowest BCUT2D eigenvalue weighted by Crippen LogP contribution is -2.38. The van der Waals surface area contributed by atoms with Crippen LogP contribution in [0, 0.1) is 5.92 Å². The Bertz CT molecular complexity index is 890. The number of aryl methyl sites for hydroxylation is 2. The Balaban J connectivity index is 2.14. The number of amides is 1. The molecule has 2 rings (SSSR count). The summed E-state index contributed by atoms with van der Waals surface area (Å²) in [4.78, 5) is 42.6. The average molecular weight is 349 g/mol. The molecule has 138 valence electrons. The Kier molecular flexibility index (Phi) is 5.49. The van der Waals surface area contributed by atoms with Gasteiger partial charge in [0.1, 0.15) is 0 Å². The van der Waals surface area contributed by atoms with Crippen LogP contribution in [0.5, 0.6) is 0 Å². The van der Waals surface area contributed by atoms with E-state index in [1.54, 1.807) is 22.8 Å². The Hall–Kier alpha value is -2.38. The van der Waals surface area contributed by atoms with Crippen LogP contribution in [0.4, 0.5) is 0 Å². The van der Waals surface area contributed by atoms with Gasteiger partial charge in [0.15, 0.2) is 11.2 Å². The fourth-order valence-electron chi connectivity index (χ4n) is 2.82. The second kappa shape index (κ2) is 7.25. The van der Waals surface area contributed by atoms with Crippen LogP contribution in [0.3, 0.4) is 0 Å². The molecule has 0 N–H and O–H groups in total. The summed E-state index contributed by atoms with van der Waals surface area (Å²) in [5, 5.41) is 0. The molecule has 2 aromatic rings. The van der Waals surface area contributed by atoms with Crippen molar-refractivity contribution in [2.45, 2.75) is 46.2 Å². The van der Waals surface area contributed by atoms with Gasteiger partial charge in [-0.05, 0) is 19.3 Å². The third-order valence-electron chi connectivity index (χ3n) is 4.98. The number of fused-ring (bicyclic) bond motifs is 1. The van der Waals surface area contributed by atoms with E-state index < -0.39 is 5.69 Å². The van der Waals surface area contributed by atoms with Crippen LogP contribution < -0.4 is 11.2 Å². The lowest BCUT2D eigenvalue weighted by atomic mass is 10.0. The monoisotopic (exact) mass is 349 g/mol. The lowest BCUT2D eigenvalue weighted by molar-refractivity contribution is -0.132. The van der Waals surface area contributed by atoms with Crippen LogP contribution in [-0.2, 0) is 25.4 Å². The van der Waals surface area contributed by atoms with E-state index in [-0.39, 0.29) is 17.5 Å². The molecule has 0 aliphatic rings. The number of aromatic nitrogens is 4. The van der Waals surface area contributed by atoms with Crippen molar-refractivity contribution in [3.8, 4) is 0 Å². The summed E-state index contributed by atoms with van der Waals surface area (Å²) in [6.07, 6.45) is 2.56. The van der Waals surface area contributed by atoms with E-state index in [4.69, 9.17) is 0 Å². The molecule has 2 aromatic heterocycles. The fourth-order valence-corrected chi connectivity index (χ4v) is 2.82. The minimum atomic E-state index is -0.401. The maximum absolute atomic E-state index is 12.4. The van der Waals surface area contributed by atoms with Crippen molar-refractivity contribution in [1.82, 2.24) is 23.6 Å². The summed E-state index contributed by atoms with van der Waals surface area (Å²) in [6, 6.07) is 0.184. The molecule has 0 unspecified atom stereocenters. The van der Waals surface area contributed by atoms with Crippen molar-refractivity contribution in [1.29, 1.82) is 0 Å². The van der Waals surface area contributed by atoms with Gasteiger partial charge in [0.05, 0.1) is 6.33 Å². The maximum Gasteiger partial charge on any atom is 0.332 e. The third-order valence-corrected chi connectivity index (χ3v) is 4.98. The highest BCUT2D eigenvalue weighted by Crippen LogP contribution is 2.11. The molecular formula is C17H27N5O3. The minimum absolute atomic E-state index is 0.0888. The topological polar surface area (TPSA) is 82.1 Å². The van der Waals surface area contributed by atoms with Gasteiger partial charge >= 0.3 is 5.69 Å². The fraction of sp³-hybridized carbons (Fsp3) is 0.647. The van der Waals surface area contributed by atoms with Crippen molar-refractivity contribution < 1.29 is 4.79 Å². The number of imidazole rings is 1. The summed E-state index contributed by atoms with van der Waals surface area (Å²) < 4.78 is 4.15. The lowest BCUT2D eigenvalue weighted by Gasteiger charge is -2.28. The molecule has 0 saturated carbocycles. The number of hydrogen-bond donors (Lipinski definition) is 0. The van der Waals surface area contributed by atoms with E-state index in [0.717, 1.165) is 4.57 Å². The first-order valence-electron chi connectivity index (χ1n) is 8.53. The molecule has 2 heterocycles. The summed E-state index contributed by atoms with van der Waals surface area (Å²) in [5.41, 5.74) is -0.0133. The molecule has 0 bridgehead atoms. The normalized spacial score (nSPS) is 12.8. The van der Waals surface area contributed by atoms with E-state index >= 15 is 0 Å². The first kappa shape index (κ1) is 19.0. The molecule has 0 aliphatic heterocycles. The zero-order valence-electron chi connectivity index (χ0n) is 15.8. The van der Waals surface area contributed by atoms with Crippen LogP contribution in [0.1, 0.15) is 33.6 Å². The molecule has 8 heteroatoms. The first-order valence-corrected chi connectivity index (χ1v) is 8.53. The van der Waals surface area contributed by atoms with Gasteiger partial charge < -0.3 is 9.47 Å². The highest BCUT2D eigenvalue weighted by molar-refractivity contribution is 5.76. The van der Waals surface area contributed by atoms with Gasteiger partial charge in [0.2, 0.25) is 5.91 Å². The third kappa shape index (κ3) is 3.52. The Morgan fingerprint density at radius 2 is 1.84 bits per heavy atom. The molecule has 8 nitrogen and oxygen atoms in total. The van der Waals surface area contributed by atoms with Gasteiger partial charge in [-0.25, -0.2) is 9.78 Å². The predicted octanol–water partition coefficient (Wildman–Crippen LogP) is 0.717. The number of nitrogens with zero attached hydrogens (tertiary/aromatic N) is 5. The van der Waals surface area contributed by atoms with Gasteiger partial charge in [-0.15, -0.1) is 0 Å². The number of hydrogen-bond acceptors (Lipinski definition) is 4. The summed E-state index contributed by atoms with van der Waals surface area (Å²) in [6.45, 7) is 6.72. The van der Waals surface area contributed by atoms with Gasteiger partial charge in [0, 0.05) is 40.2 Å². The molecule has 0 aliphatic carbocycles. The molecule has 0 fully saturated rings. The van der Waals surface area contributed by atoms with E-state index in [0.29, 0.717) is 36.5 Å². The summed E-state index contributed by atoms with van der Waals surface area (Å²) in [5.74, 6) is 0.488. The highest BCUT2D eigenvalue weighted by Gasteiger charge is 2.19. The molecule has 0 saturated heterocycles. The summed E-state index contributed by atoms with van der Waals surface area (Å²) >= 11 is 0. The SMILES string of the molecule is CC(C)[C@H](C)N(C)C(=O)CCCn1cnc2c1c(=O)n(C)c(=O)n2C. The van der Waals surface area contributed by atoms with Crippen LogP contribution >= 0.6 is 0 Å². The minimum Gasteiger partial charge on any atom is -0.343 e. The molecule has 0 spiro atoms. The van der Waals surface area contributed by atoms with E-state index in [1.165, 1.54) is 11.6 Å². The van der Waals surface area contributed by atoms with Crippen LogP contribution in [0.2, 0.25) is 0 Å².